The minimum Gasteiger partial charge on any atom is -0.495 e. The van der Waals surface area contributed by atoms with Crippen LogP contribution in [0, 0.1) is 0 Å². The quantitative estimate of drug-likeness (QED) is 0.855. The lowest BCUT2D eigenvalue weighted by molar-refractivity contribution is 0.102. The van der Waals surface area contributed by atoms with Crippen LogP contribution in [0.1, 0.15) is 29.6 Å². The Balaban J connectivity index is 1.88. The van der Waals surface area contributed by atoms with Gasteiger partial charge in [-0.2, -0.15) is 0 Å². The fraction of sp³-hybridized carbons (Fsp3) is 0.368. The topological polar surface area (TPSA) is 63.7 Å². The lowest BCUT2D eigenvalue weighted by Crippen LogP contribution is -2.32. The Morgan fingerprint density at radius 2 is 1.88 bits per heavy atom. The predicted octanol–water partition coefficient (Wildman–Crippen LogP) is 3.99. The van der Waals surface area contributed by atoms with E-state index in [0.717, 1.165) is 25.9 Å². The van der Waals surface area contributed by atoms with Gasteiger partial charge in [-0.3, -0.25) is 4.79 Å². The first kappa shape index (κ1) is 18.3. The molecule has 0 radical (unpaired) electrons. The summed E-state index contributed by atoms with van der Waals surface area (Å²) < 4.78 is 10.5. The summed E-state index contributed by atoms with van der Waals surface area (Å²) in [5.41, 5.74) is 1.01. The molecule has 0 bridgehead atoms. The molecule has 7 heteroatoms. The maximum atomic E-state index is 12.9. The van der Waals surface area contributed by atoms with Crippen molar-refractivity contribution in [2.75, 3.05) is 37.5 Å². The maximum absolute atomic E-state index is 12.9. The van der Waals surface area contributed by atoms with Crippen LogP contribution in [0.3, 0.4) is 0 Å². The van der Waals surface area contributed by atoms with Gasteiger partial charge < -0.3 is 19.7 Å². The first-order valence-electron chi connectivity index (χ1n) is 8.57. The van der Waals surface area contributed by atoms with Crippen LogP contribution < -0.4 is 19.7 Å². The number of piperidine rings is 1. The van der Waals surface area contributed by atoms with E-state index in [0.29, 0.717) is 33.6 Å². The summed E-state index contributed by atoms with van der Waals surface area (Å²) in [6, 6.07) is 6.81. The number of aromatic nitrogens is 1. The molecule has 0 atom stereocenters. The van der Waals surface area contributed by atoms with Crippen molar-refractivity contribution in [3.05, 3.63) is 41.0 Å². The lowest BCUT2D eigenvalue weighted by atomic mass is 10.1. The van der Waals surface area contributed by atoms with Gasteiger partial charge in [0.25, 0.3) is 5.91 Å². The number of hydrogen-bond acceptors (Lipinski definition) is 5. The van der Waals surface area contributed by atoms with Crippen molar-refractivity contribution in [2.24, 2.45) is 0 Å². The molecule has 1 amide bonds. The summed E-state index contributed by atoms with van der Waals surface area (Å²) in [5.74, 6) is 1.42. The number of nitrogens with one attached hydrogen (secondary N) is 1. The highest BCUT2D eigenvalue weighted by molar-refractivity contribution is 6.32. The molecule has 26 heavy (non-hydrogen) atoms. The number of nitrogens with zero attached hydrogens (tertiary/aromatic N) is 2. The minimum atomic E-state index is -0.252. The van der Waals surface area contributed by atoms with Gasteiger partial charge in [-0.25, -0.2) is 4.98 Å². The summed E-state index contributed by atoms with van der Waals surface area (Å²) in [4.78, 5) is 19.5. The van der Waals surface area contributed by atoms with Crippen LogP contribution in [0.25, 0.3) is 0 Å². The van der Waals surface area contributed by atoms with E-state index in [9.17, 15) is 4.79 Å². The Hall–Kier alpha value is -2.47. The van der Waals surface area contributed by atoms with Crippen molar-refractivity contribution in [3.8, 4) is 11.5 Å². The molecule has 1 saturated heterocycles. The van der Waals surface area contributed by atoms with Crippen molar-refractivity contribution in [1.82, 2.24) is 4.98 Å². The number of carbonyl (C=O) groups excluding carboxylic acids is 1. The summed E-state index contributed by atoms with van der Waals surface area (Å²) in [5, 5.41) is 3.27. The van der Waals surface area contributed by atoms with Crippen LogP contribution in [-0.2, 0) is 0 Å². The molecule has 1 aliphatic heterocycles. The average molecular weight is 376 g/mol. The third kappa shape index (κ3) is 3.85. The van der Waals surface area contributed by atoms with E-state index >= 15 is 0 Å². The Labute approximate surface area is 158 Å². The summed E-state index contributed by atoms with van der Waals surface area (Å²) in [6.07, 6.45) is 5.15. The maximum Gasteiger partial charge on any atom is 0.259 e. The van der Waals surface area contributed by atoms with Crippen LogP contribution in [0.2, 0.25) is 5.02 Å². The van der Waals surface area contributed by atoms with Crippen LogP contribution >= 0.6 is 11.6 Å². The molecule has 0 unspecified atom stereocenters. The largest absolute Gasteiger partial charge is 0.495 e. The third-order valence-electron chi connectivity index (χ3n) is 4.41. The van der Waals surface area contributed by atoms with E-state index in [-0.39, 0.29) is 5.91 Å². The zero-order valence-corrected chi connectivity index (χ0v) is 15.7. The number of halogens is 1. The van der Waals surface area contributed by atoms with E-state index in [1.54, 1.807) is 30.5 Å². The Kier molecular flexibility index (Phi) is 5.83. The van der Waals surface area contributed by atoms with Crippen molar-refractivity contribution >= 4 is 29.0 Å². The Bertz CT molecular complexity index is 792. The second-order valence-electron chi connectivity index (χ2n) is 6.06. The van der Waals surface area contributed by atoms with Gasteiger partial charge in [-0.1, -0.05) is 11.6 Å². The number of hydrogen-bond donors (Lipinski definition) is 1. The number of amides is 1. The summed E-state index contributed by atoms with van der Waals surface area (Å²) in [6.45, 7) is 1.82. The minimum absolute atomic E-state index is 0.252. The van der Waals surface area contributed by atoms with E-state index in [1.807, 2.05) is 0 Å². The molecule has 1 fully saturated rings. The van der Waals surface area contributed by atoms with Crippen LogP contribution in [-0.4, -0.2) is 38.2 Å². The number of pyridine rings is 1. The van der Waals surface area contributed by atoms with Gasteiger partial charge in [-0.15, -0.1) is 0 Å². The molecule has 2 aromatic rings. The second-order valence-corrected chi connectivity index (χ2v) is 6.47. The molecular formula is C19H22ClN3O3. The highest BCUT2D eigenvalue weighted by Crippen LogP contribution is 2.36. The molecule has 6 nitrogen and oxygen atoms in total. The monoisotopic (exact) mass is 375 g/mol. The Morgan fingerprint density at radius 1 is 1.15 bits per heavy atom. The Morgan fingerprint density at radius 3 is 2.58 bits per heavy atom. The van der Waals surface area contributed by atoms with E-state index in [4.69, 9.17) is 21.1 Å². The second kappa shape index (κ2) is 8.27. The molecule has 1 N–H and O–H groups in total. The highest BCUT2D eigenvalue weighted by Gasteiger charge is 2.21. The van der Waals surface area contributed by atoms with Crippen LogP contribution in [0.4, 0.5) is 11.5 Å². The molecule has 0 saturated carbocycles. The third-order valence-corrected chi connectivity index (χ3v) is 4.70. The van der Waals surface area contributed by atoms with E-state index in [1.165, 1.54) is 20.6 Å². The predicted molar refractivity (Wildman–Crippen MR) is 103 cm³/mol. The fourth-order valence-corrected chi connectivity index (χ4v) is 3.32. The standard InChI is InChI=1S/C19H22ClN3O3/c1-25-16-12-17(26-2)15(11-14(16)20)22-19(24)13-7-6-8-21-18(13)23-9-4-3-5-10-23/h6-8,11-12H,3-5,9-10H2,1-2H3,(H,22,24). The smallest absolute Gasteiger partial charge is 0.259 e. The molecule has 3 rings (SSSR count). The number of ether oxygens (including phenoxy) is 2. The van der Waals surface area contributed by atoms with Crippen LogP contribution in [0.15, 0.2) is 30.5 Å². The first-order chi connectivity index (χ1) is 12.6. The molecule has 2 heterocycles. The first-order valence-corrected chi connectivity index (χ1v) is 8.94. The summed E-state index contributed by atoms with van der Waals surface area (Å²) in [7, 11) is 3.06. The fourth-order valence-electron chi connectivity index (χ4n) is 3.08. The molecule has 138 valence electrons. The van der Waals surface area contributed by atoms with Gasteiger partial charge >= 0.3 is 0 Å². The number of carbonyl (C=O) groups is 1. The number of benzene rings is 1. The molecule has 1 aromatic carbocycles. The van der Waals surface area contributed by atoms with Gasteiger partial charge in [0.2, 0.25) is 0 Å². The normalized spacial score (nSPS) is 14.0. The average Bonchev–Trinajstić information content (AvgIpc) is 2.69. The van der Waals surface area contributed by atoms with Gasteiger partial charge in [0.05, 0.1) is 30.5 Å². The van der Waals surface area contributed by atoms with Gasteiger partial charge in [0.1, 0.15) is 17.3 Å². The molecule has 0 aliphatic carbocycles. The highest BCUT2D eigenvalue weighted by atomic mass is 35.5. The SMILES string of the molecule is COc1cc(OC)c(NC(=O)c2cccnc2N2CCCCC2)cc1Cl. The molecular weight excluding hydrogens is 354 g/mol. The number of anilines is 2. The zero-order valence-electron chi connectivity index (χ0n) is 14.9. The van der Waals surface area contributed by atoms with Crippen molar-refractivity contribution < 1.29 is 14.3 Å². The van der Waals surface area contributed by atoms with Gasteiger partial charge in [0.15, 0.2) is 0 Å². The van der Waals surface area contributed by atoms with Crippen molar-refractivity contribution in [2.45, 2.75) is 19.3 Å². The van der Waals surface area contributed by atoms with Gasteiger partial charge in [-0.05, 0) is 37.5 Å². The number of methoxy groups -OCH3 is 2. The van der Waals surface area contributed by atoms with Crippen molar-refractivity contribution in [3.63, 3.8) is 0 Å². The van der Waals surface area contributed by atoms with Gasteiger partial charge in [0, 0.05) is 25.4 Å². The van der Waals surface area contributed by atoms with E-state index in [2.05, 4.69) is 15.2 Å². The zero-order chi connectivity index (χ0) is 18.5. The van der Waals surface area contributed by atoms with Crippen molar-refractivity contribution in [1.29, 1.82) is 0 Å². The molecule has 0 spiro atoms. The van der Waals surface area contributed by atoms with E-state index < -0.39 is 0 Å². The summed E-state index contributed by atoms with van der Waals surface area (Å²) >= 11 is 6.19. The molecule has 1 aliphatic rings. The molecule has 1 aromatic heterocycles. The number of rotatable bonds is 5. The van der Waals surface area contributed by atoms with Crippen LogP contribution in [0.5, 0.6) is 11.5 Å². The lowest BCUT2D eigenvalue weighted by Gasteiger charge is -2.29.